The summed E-state index contributed by atoms with van der Waals surface area (Å²) in [5.41, 5.74) is 3.41. The summed E-state index contributed by atoms with van der Waals surface area (Å²) in [6.07, 6.45) is 7.97. The van der Waals surface area contributed by atoms with Crippen LogP contribution in [0.25, 0.3) is 0 Å². The minimum Gasteiger partial charge on any atom is -0.294 e. The number of hydrogen-bond acceptors (Lipinski definition) is 1. The Hall–Kier alpha value is -1.11. The third-order valence-electron chi connectivity index (χ3n) is 3.31. The summed E-state index contributed by atoms with van der Waals surface area (Å²) in [6, 6.07) is 0. The molecule has 0 N–H and O–H groups in total. The van der Waals surface area contributed by atoms with Crippen LogP contribution in [-0.4, -0.2) is 5.78 Å². The molecule has 1 rings (SSSR count). The van der Waals surface area contributed by atoms with Crippen LogP contribution in [0, 0.1) is 5.41 Å². The Kier molecular flexibility index (Phi) is 3.90. The maximum Gasteiger partial charge on any atom is 0.165 e. The van der Waals surface area contributed by atoms with Gasteiger partial charge in [0.25, 0.3) is 0 Å². The van der Waals surface area contributed by atoms with Crippen molar-refractivity contribution in [2.24, 2.45) is 5.41 Å². The second-order valence-corrected chi connectivity index (χ2v) is 4.94. The molecular formula is C15H22O. The van der Waals surface area contributed by atoms with Gasteiger partial charge in [-0.3, -0.25) is 4.79 Å². The third kappa shape index (κ3) is 2.18. The fourth-order valence-corrected chi connectivity index (χ4v) is 2.45. The van der Waals surface area contributed by atoms with Crippen LogP contribution >= 0.6 is 0 Å². The predicted molar refractivity (Wildman–Crippen MR) is 69.3 cm³/mol. The molecular weight excluding hydrogens is 196 g/mol. The van der Waals surface area contributed by atoms with E-state index in [1.54, 1.807) is 6.08 Å². The zero-order valence-corrected chi connectivity index (χ0v) is 11.1. The first-order valence-corrected chi connectivity index (χ1v) is 6.04. The molecule has 0 spiro atoms. The average Bonchev–Trinajstić information content (AvgIpc) is 2.22. The maximum absolute atomic E-state index is 11.9. The molecule has 1 heteroatoms. The van der Waals surface area contributed by atoms with Gasteiger partial charge >= 0.3 is 0 Å². The third-order valence-corrected chi connectivity index (χ3v) is 3.31. The lowest BCUT2D eigenvalue weighted by molar-refractivity contribution is -0.120. The molecule has 0 amide bonds. The van der Waals surface area contributed by atoms with Gasteiger partial charge < -0.3 is 0 Å². The van der Waals surface area contributed by atoms with Crippen LogP contribution < -0.4 is 0 Å². The minimum absolute atomic E-state index is 0.212. The molecule has 16 heavy (non-hydrogen) atoms. The molecule has 0 bridgehead atoms. The van der Waals surface area contributed by atoms with E-state index in [-0.39, 0.29) is 11.2 Å². The van der Waals surface area contributed by atoms with Gasteiger partial charge in [-0.05, 0) is 56.9 Å². The van der Waals surface area contributed by atoms with Gasteiger partial charge in [-0.2, -0.15) is 0 Å². The van der Waals surface area contributed by atoms with Crippen molar-refractivity contribution < 1.29 is 4.79 Å². The highest BCUT2D eigenvalue weighted by molar-refractivity contribution is 5.99. The molecule has 0 atom stereocenters. The van der Waals surface area contributed by atoms with Crippen molar-refractivity contribution in [2.75, 3.05) is 0 Å². The Bertz CT molecular complexity index is 378. The van der Waals surface area contributed by atoms with E-state index in [2.05, 4.69) is 26.8 Å². The maximum atomic E-state index is 11.9. The van der Waals surface area contributed by atoms with E-state index in [4.69, 9.17) is 0 Å². The average molecular weight is 218 g/mol. The normalized spacial score (nSPS) is 20.6. The molecule has 88 valence electrons. The highest BCUT2D eigenvalue weighted by atomic mass is 16.1. The molecule has 0 saturated heterocycles. The summed E-state index contributed by atoms with van der Waals surface area (Å²) in [4.78, 5) is 11.9. The quantitative estimate of drug-likeness (QED) is 0.693. The molecule has 0 aromatic carbocycles. The molecule has 0 aromatic rings. The van der Waals surface area contributed by atoms with Crippen LogP contribution in [0.5, 0.6) is 0 Å². The number of carbonyl (C=O) groups is 1. The Balaban J connectivity index is 3.26. The molecule has 1 aliphatic carbocycles. The fourth-order valence-electron chi connectivity index (χ4n) is 2.45. The first-order chi connectivity index (χ1) is 7.45. The van der Waals surface area contributed by atoms with Crippen molar-refractivity contribution in [3.63, 3.8) is 0 Å². The van der Waals surface area contributed by atoms with Gasteiger partial charge in [0.2, 0.25) is 0 Å². The van der Waals surface area contributed by atoms with Crippen LogP contribution in [0.2, 0.25) is 0 Å². The van der Waals surface area contributed by atoms with E-state index in [9.17, 15) is 4.79 Å². The molecule has 0 radical (unpaired) electrons. The zero-order chi connectivity index (χ0) is 12.3. The molecule has 0 heterocycles. The lowest BCUT2D eigenvalue weighted by atomic mass is 9.71. The Morgan fingerprint density at radius 2 is 2.00 bits per heavy atom. The summed E-state index contributed by atoms with van der Waals surface area (Å²) >= 11 is 0. The fraction of sp³-hybridized carbons (Fsp3) is 0.533. The smallest absolute Gasteiger partial charge is 0.165 e. The van der Waals surface area contributed by atoms with E-state index in [1.165, 1.54) is 16.7 Å². The van der Waals surface area contributed by atoms with Crippen molar-refractivity contribution in [1.82, 2.24) is 0 Å². The summed E-state index contributed by atoms with van der Waals surface area (Å²) in [6.45, 7) is 10.4. The number of rotatable bonds is 3. The highest BCUT2D eigenvalue weighted by Crippen LogP contribution is 2.40. The first kappa shape index (κ1) is 13.0. The van der Waals surface area contributed by atoms with Crippen LogP contribution in [0.4, 0.5) is 0 Å². The molecule has 1 aliphatic rings. The van der Waals surface area contributed by atoms with E-state index < -0.39 is 0 Å². The van der Waals surface area contributed by atoms with Crippen molar-refractivity contribution >= 4 is 5.78 Å². The molecule has 0 unspecified atom stereocenters. The lowest BCUT2D eigenvalue weighted by Gasteiger charge is -2.31. The molecule has 0 aliphatic heterocycles. The van der Waals surface area contributed by atoms with Gasteiger partial charge in [-0.25, -0.2) is 0 Å². The number of allylic oxidation sites excluding steroid dienone is 6. The van der Waals surface area contributed by atoms with Gasteiger partial charge in [0.05, 0.1) is 5.41 Å². The van der Waals surface area contributed by atoms with Crippen LogP contribution in [0.15, 0.2) is 34.9 Å². The van der Waals surface area contributed by atoms with E-state index >= 15 is 0 Å². The largest absolute Gasteiger partial charge is 0.294 e. The lowest BCUT2D eigenvalue weighted by Crippen LogP contribution is -2.29. The van der Waals surface area contributed by atoms with Gasteiger partial charge in [0.15, 0.2) is 5.78 Å². The van der Waals surface area contributed by atoms with E-state index in [0.29, 0.717) is 0 Å². The van der Waals surface area contributed by atoms with Crippen LogP contribution in [-0.2, 0) is 4.79 Å². The van der Waals surface area contributed by atoms with Crippen molar-refractivity contribution in [3.8, 4) is 0 Å². The van der Waals surface area contributed by atoms with E-state index in [0.717, 1.165) is 12.8 Å². The predicted octanol–water partition coefficient (Wildman–Crippen LogP) is 4.21. The molecule has 0 aromatic heterocycles. The Labute approximate surface area is 98.9 Å². The van der Waals surface area contributed by atoms with Crippen LogP contribution in [0.1, 0.15) is 47.5 Å². The minimum atomic E-state index is -0.365. The van der Waals surface area contributed by atoms with Gasteiger partial charge in [0.1, 0.15) is 0 Å². The van der Waals surface area contributed by atoms with Gasteiger partial charge in [-0.1, -0.05) is 25.5 Å². The van der Waals surface area contributed by atoms with Gasteiger partial charge in [-0.15, -0.1) is 0 Å². The summed E-state index contributed by atoms with van der Waals surface area (Å²) in [5, 5.41) is 0. The monoisotopic (exact) mass is 218 g/mol. The Morgan fingerprint density at radius 1 is 1.38 bits per heavy atom. The van der Waals surface area contributed by atoms with Crippen molar-refractivity contribution in [1.29, 1.82) is 0 Å². The zero-order valence-electron chi connectivity index (χ0n) is 11.1. The van der Waals surface area contributed by atoms with Crippen molar-refractivity contribution in [3.05, 3.63) is 34.9 Å². The molecule has 0 fully saturated rings. The molecule has 1 nitrogen and oxygen atoms in total. The summed E-state index contributed by atoms with van der Waals surface area (Å²) in [5.74, 6) is 0.212. The van der Waals surface area contributed by atoms with E-state index in [1.807, 2.05) is 19.9 Å². The topological polar surface area (TPSA) is 17.1 Å². The second-order valence-electron chi connectivity index (χ2n) is 4.94. The Morgan fingerprint density at radius 3 is 2.50 bits per heavy atom. The van der Waals surface area contributed by atoms with Gasteiger partial charge in [0, 0.05) is 0 Å². The van der Waals surface area contributed by atoms with Crippen molar-refractivity contribution in [2.45, 2.75) is 47.5 Å². The second kappa shape index (κ2) is 4.82. The number of carbonyl (C=O) groups excluding carboxylic acids is 1. The first-order valence-electron chi connectivity index (χ1n) is 6.04. The number of hydrogen-bond donors (Lipinski definition) is 0. The standard InChI is InChI=1S/C15H22O/c1-6-8-12(7-2)14-11(3)9-10-13(16)15(14,4)5/h7,9-10H,6,8H2,1-5H3/b12-7+. The highest BCUT2D eigenvalue weighted by Gasteiger charge is 2.34. The summed E-state index contributed by atoms with van der Waals surface area (Å²) < 4.78 is 0. The van der Waals surface area contributed by atoms with Crippen LogP contribution in [0.3, 0.4) is 0 Å². The number of ketones is 1. The molecule has 0 saturated carbocycles. The summed E-state index contributed by atoms with van der Waals surface area (Å²) in [7, 11) is 0. The SMILES string of the molecule is C/C=C(\CCC)C1=C(C)C=CC(=O)C1(C)C.